The Hall–Kier alpha value is -1.75. The van der Waals surface area contributed by atoms with E-state index in [4.69, 9.17) is 5.11 Å². The Labute approximate surface area is 108 Å². The lowest BCUT2D eigenvalue weighted by Crippen LogP contribution is -2.06. The van der Waals surface area contributed by atoms with Crippen LogP contribution >= 0.6 is 11.3 Å². The highest BCUT2D eigenvalue weighted by Crippen LogP contribution is 2.32. The van der Waals surface area contributed by atoms with Gasteiger partial charge in [-0.25, -0.2) is 9.37 Å². The summed E-state index contributed by atoms with van der Waals surface area (Å²) in [6.07, 6.45) is 0. The SMILES string of the molecule is Cc1nc(-c2cccc(F)c2)sc1C(C)C(=O)O. The maximum absolute atomic E-state index is 13.1. The molecule has 0 fully saturated rings. The molecule has 3 nitrogen and oxygen atoms in total. The van der Waals surface area contributed by atoms with Crippen LogP contribution in [0, 0.1) is 12.7 Å². The number of halogens is 1. The maximum Gasteiger partial charge on any atom is 0.311 e. The molecule has 5 heteroatoms. The molecule has 0 saturated heterocycles. The van der Waals surface area contributed by atoms with Crippen molar-refractivity contribution in [2.75, 3.05) is 0 Å². The Bertz CT molecular complexity index is 594. The molecule has 0 amide bonds. The molecule has 1 unspecified atom stereocenters. The summed E-state index contributed by atoms with van der Waals surface area (Å²) in [5, 5.41) is 9.65. The van der Waals surface area contributed by atoms with Crippen molar-refractivity contribution in [3.05, 3.63) is 40.7 Å². The molecule has 2 rings (SSSR count). The lowest BCUT2D eigenvalue weighted by atomic mass is 10.1. The van der Waals surface area contributed by atoms with Gasteiger partial charge in [-0.1, -0.05) is 12.1 Å². The van der Waals surface area contributed by atoms with Crippen molar-refractivity contribution in [3.8, 4) is 10.6 Å². The first-order valence-corrected chi connectivity index (χ1v) is 6.26. The molecular weight excluding hydrogens is 253 g/mol. The second-order valence-electron chi connectivity index (χ2n) is 4.04. The Balaban J connectivity index is 2.43. The first-order chi connectivity index (χ1) is 8.49. The van der Waals surface area contributed by atoms with Gasteiger partial charge in [0.15, 0.2) is 0 Å². The number of carbonyl (C=O) groups is 1. The zero-order chi connectivity index (χ0) is 13.3. The van der Waals surface area contributed by atoms with E-state index in [0.717, 1.165) is 0 Å². The molecule has 0 bridgehead atoms. The van der Waals surface area contributed by atoms with Crippen LogP contribution in [0.15, 0.2) is 24.3 Å². The molecule has 1 aromatic heterocycles. The number of aliphatic carboxylic acids is 1. The van der Waals surface area contributed by atoms with Gasteiger partial charge in [-0.15, -0.1) is 11.3 Å². The number of nitrogens with zero attached hydrogens (tertiary/aromatic N) is 1. The third kappa shape index (κ3) is 2.41. The second-order valence-corrected chi connectivity index (χ2v) is 5.07. The third-order valence-corrected chi connectivity index (χ3v) is 4.06. The predicted octanol–water partition coefficient (Wildman–Crippen LogP) is 3.45. The summed E-state index contributed by atoms with van der Waals surface area (Å²) >= 11 is 1.30. The average molecular weight is 265 g/mol. The molecule has 0 radical (unpaired) electrons. The van der Waals surface area contributed by atoms with Gasteiger partial charge in [0.25, 0.3) is 0 Å². The van der Waals surface area contributed by atoms with Crippen LogP contribution < -0.4 is 0 Å². The maximum atomic E-state index is 13.1. The summed E-state index contributed by atoms with van der Waals surface area (Å²) in [5.41, 5.74) is 1.36. The number of thiazole rings is 1. The zero-order valence-corrected chi connectivity index (χ0v) is 10.8. The van der Waals surface area contributed by atoms with E-state index >= 15 is 0 Å². The van der Waals surface area contributed by atoms with E-state index in [-0.39, 0.29) is 5.82 Å². The molecule has 0 spiro atoms. The van der Waals surface area contributed by atoms with Crippen LogP contribution in [0.25, 0.3) is 10.6 Å². The Kier molecular flexibility index (Phi) is 3.43. The summed E-state index contributed by atoms with van der Waals surface area (Å²) in [6, 6.07) is 6.14. The molecular formula is C13H12FNO2S. The number of carboxylic acid groups (broad SMARTS) is 1. The van der Waals surface area contributed by atoms with Crippen molar-refractivity contribution < 1.29 is 14.3 Å². The van der Waals surface area contributed by atoms with Gasteiger partial charge < -0.3 is 5.11 Å². The predicted molar refractivity (Wildman–Crippen MR) is 68.3 cm³/mol. The normalized spacial score (nSPS) is 12.4. The number of rotatable bonds is 3. The molecule has 1 atom stereocenters. The van der Waals surface area contributed by atoms with Crippen LogP contribution in [0.4, 0.5) is 4.39 Å². The van der Waals surface area contributed by atoms with Gasteiger partial charge in [-0.05, 0) is 26.0 Å². The fraction of sp³-hybridized carbons (Fsp3) is 0.231. The number of carboxylic acids is 1. The van der Waals surface area contributed by atoms with Gasteiger partial charge in [-0.3, -0.25) is 4.79 Å². The highest BCUT2D eigenvalue weighted by atomic mass is 32.1. The van der Waals surface area contributed by atoms with Gasteiger partial charge in [-0.2, -0.15) is 0 Å². The van der Waals surface area contributed by atoms with Crippen LogP contribution in [0.3, 0.4) is 0 Å². The largest absolute Gasteiger partial charge is 0.481 e. The molecule has 0 aliphatic carbocycles. The molecule has 1 aromatic carbocycles. The van der Waals surface area contributed by atoms with Gasteiger partial charge in [0.1, 0.15) is 10.8 Å². The average Bonchev–Trinajstić information content (AvgIpc) is 2.70. The molecule has 1 heterocycles. The monoisotopic (exact) mass is 265 g/mol. The summed E-state index contributed by atoms with van der Waals surface area (Å²) in [7, 11) is 0. The van der Waals surface area contributed by atoms with Gasteiger partial charge in [0.05, 0.1) is 11.6 Å². The standard InChI is InChI=1S/C13H12FNO2S/c1-7(13(16)17)11-8(2)15-12(18-11)9-4-3-5-10(14)6-9/h3-7H,1-2H3,(H,16,17). The number of aromatic nitrogens is 1. The molecule has 0 aliphatic heterocycles. The smallest absolute Gasteiger partial charge is 0.311 e. The minimum atomic E-state index is -0.882. The molecule has 0 saturated carbocycles. The van der Waals surface area contributed by atoms with E-state index in [1.807, 2.05) is 0 Å². The zero-order valence-electron chi connectivity index (χ0n) is 9.98. The highest BCUT2D eigenvalue weighted by molar-refractivity contribution is 7.15. The molecule has 1 N–H and O–H groups in total. The quantitative estimate of drug-likeness (QED) is 0.924. The Morgan fingerprint density at radius 3 is 2.83 bits per heavy atom. The summed E-state index contributed by atoms with van der Waals surface area (Å²) in [4.78, 5) is 16.0. The second kappa shape index (κ2) is 4.86. The van der Waals surface area contributed by atoms with Crippen LogP contribution in [-0.4, -0.2) is 16.1 Å². The number of hydrogen-bond donors (Lipinski definition) is 1. The van der Waals surface area contributed by atoms with E-state index in [1.54, 1.807) is 26.0 Å². The van der Waals surface area contributed by atoms with Crippen molar-refractivity contribution in [2.24, 2.45) is 0 Å². The van der Waals surface area contributed by atoms with E-state index < -0.39 is 11.9 Å². The van der Waals surface area contributed by atoms with E-state index in [2.05, 4.69) is 4.98 Å². The molecule has 18 heavy (non-hydrogen) atoms. The lowest BCUT2D eigenvalue weighted by molar-refractivity contribution is -0.138. The first kappa shape index (κ1) is 12.7. The minimum absolute atomic E-state index is 0.326. The topological polar surface area (TPSA) is 50.2 Å². The van der Waals surface area contributed by atoms with Crippen LogP contribution in [0.2, 0.25) is 0 Å². The fourth-order valence-corrected chi connectivity index (χ4v) is 2.77. The van der Waals surface area contributed by atoms with Crippen molar-refractivity contribution in [1.82, 2.24) is 4.98 Å². The molecule has 94 valence electrons. The van der Waals surface area contributed by atoms with E-state index in [9.17, 15) is 9.18 Å². The number of benzene rings is 1. The van der Waals surface area contributed by atoms with E-state index in [1.165, 1.54) is 23.5 Å². The number of hydrogen-bond acceptors (Lipinski definition) is 3. The van der Waals surface area contributed by atoms with Gasteiger partial charge in [0, 0.05) is 10.4 Å². The first-order valence-electron chi connectivity index (χ1n) is 5.45. The van der Waals surface area contributed by atoms with Gasteiger partial charge in [0.2, 0.25) is 0 Å². The third-order valence-electron chi connectivity index (χ3n) is 2.67. The summed E-state index contributed by atoms with van der Waals surface area (Å²) in [6.45, 7) is 3.40. The van der Waals surface area contributed by atoms with Crippen molar-refractivity contribution in [2.45, 2.75) is 19.8 Å². The van der Waals surface area contributed by atoms with Crippen LogP contribution in [0.5, 0.6) is 0 Å². The van der Waals surface area contributed by atoms with Crippen LogP contribution in [0.1, 0.15) is 23.4 Å². The lowest BCUT2D eigenvalue weighted by Gasteiger charge is -2.02. The summed E-state index contributed by atoms with van der Waals surface area (Å²) in [5.74, 6) is -1.80. The molecule has 2 aromatic rings. The minimum Gasteiger partial charge on any atom is -0.481 e. The van der Waals surface area contributed by atoms with Crippen molar-refractivity contribution in [3.63, 3.8) is 0 Å². The van der Waals surface area contributed by atoms with Crippen molar-refractivity contribution in [1.29, 1.82) is 0 Å². The Morgan fingerprint density at radius 1 is 1.50 bits per heavy atom. The highest BCUT2D eigenvalue weighted by Gasteiger charge is 2.20. The van der Waals surface area contributed by atoms with Crippen LogP contribution in [-0.2, 0) is 4.79 Å². The summed E-state index contributed by atoms with van der Waals surface area (Å²) < 4.78 is 13.1. The Morgan fingerprint density at radius 2 is 2.22 bits per heavy atom. The van der Waals surface area contributed by atoms with Gasteiger partial charge >= 0.3 is 5.97 Å². The van der Waals surface area contributed by atoms with Crippen molar-refractivity contribution >= 4 is 17.3 Å². The van der Waals surface area contributed by atoms with E-state index in [0.29, 0.717) is 21.1 Å². The molecule has 0 aliphatic rings. The fourth-order valence-electron chi connectivity index (χ4n) is 1.67. The number of aryl methyl sites for hydroxylation is 1.